The molecule has 2 aliphatic rings. The van der Waals surface area contributed by atoms with Crippen LogP contribution < -0.4 is 4.74 Å². The number of tetrazole rings is 1. The maximum absolute atomic E-state index is 11.3. The number of carboxylic acids is 1. The lowest BCUT2D eigenvalue weighted by Gasteiger charge is -2.27. The van der Waals surface area contributed by atoms with Crippen molar-refractivity contribution in [1.82, 2.24) is 40.2 Å². The Morgan fingerprint density at radius 2 is 2.06 bits per heavy atom. The Bertz CT molecular complexity index is 1090. The van der Waals surface area contributed by atoms with Gasteiger partial charge < -0.3 is 9.84 Å². The third-order valence-electron chi connectivity index (χ3n) is 6.27. The standard InChI is InChI=1S/C21H26N8O3/c1-28-18(12-29-19(23-25-27-29)9-13-5-6-13)20(24-26-28)17-8-7-16(11-22-17)32-15-4-2-3-14(10-15)21(30)31/h7-8,11,13-15H,2-6,9-10,12H2,1H3,(H,30,31). The summed E-state index contributed by atoms with van der Waals surface area (Å²) in [6, 6.07) is 3.70. The van der Waals surface area contributed by atoms with Gasteiger partial charge in [0.05, 0.1) is 36.2 Å². The number of hydrogen-bond acceptors (Lipinski definition) is 8. The first-order chi connectivity index (χ1) is 15.6. The number of aromatic nitrogens is 8. The van der Waals surface area contributed by atoms with Gasteiger partial charge in [-0.2, -0.15) is 0 Å². The highest BCUT2D eigenvalue weighted by molar-refractivity contribution is 5.70. The molecular formula is C21H26N8O3. The van der Waals surface area contributed by atoms with Gasteiger partial charge in [0.2, 0.25) is 0 Å². The van der Waals surface area contributed by atoms with E-state index in [2.05, 4.69) is 30.8 Å². The third kappa shape index (κ3) is 4.46. The zero-order chi connectivity index (χ0) is 22.1. The molecule has 2 atom stereocenters. The van der Waals surface area contributed by atoms with Crippen molar-refractivity contribution in [3.05, 3.63) is 29.8 Å². The second kappa shape index (κ2) is 8.64. The van der Waals surface area contributed by atoms with E-state index < -0.39 is 5.97 Å². The summed E-state index contributed by atoms with van der Waals surface area (Å²) < 4.78 is 9.53. The highest BCUT2D eigenvalue weighted by Crippen LogP contribution is 2.32. The van der Waals surface area contributed by atoms with Crippen molar-refractivity contribution in [3.63, 3.8) is 0 Å². The number of carboxylic acid groups (broad SMARTS) is 1. The molecule has 2 aliphatic carbocycles. The topological polar surface area (TPSA) is 134 Å². The Morgan fingerprint density at radius 3 is 2.81 bits per heavy atom. The summed E-state index contributed by atoms with van der Waals surface area (Å²) in [5.41, 5.74) is 2.23. The van der Waals surface area contributed by atoms with Gasteiger partial charge in [-0.05, 0) is 67.0 Å². The average Bonchev–Trinajstić information content (AvgIpc) is 3.39. The summed E-state index contributed by atoms with van der Waals surface area (Å²) in [6.07, 6.45) is 7.88. The Labute approximate surface area is 184 Å². The minimum atomic E-state index is -0.746. The molecule has 2 fully saturated rings. The summed E-state index contributed by atoms with van der Waals surface area (Å²) in [5, 5.41) is 29.9. The molecule has 0 radical (unpaired) electrons. The van der Waals surface area contributed by atoms with Crippen LogP contribution in [0.25, 0.3) is 11.4 Å². The van der Waals surface area contributed by atoms with Crippen LogP contribution in [-0.2, 0) is 24.8 Å². The number of aryl methyl sites for hydroxylation is 1. The highest BCUT2D eigenvalue weighted by atomic mass is 16.5. The molecule has 0 spiro atoms. The van der Waals surface area contributed by atoms with Crippen LogP contribution in [0, 0.1) is 11.8 Å². The first kappa shape index (κ1) is 20.5. The number of nitrogens with zero attached hydrogens (tertiary/aromatic N) is 8. The summed E-state index contributed by atoms with van der Waals surface area (Å²) in [4.78, 5) is 15.8. The molecule has 3 aromatic heterocycles. The van der Waals surface area contributed by atoms with E-state index in [9.17, 15) is 9.90 Å². The number of ether oxygens (including phenoxy) is 1. The van der Waals surface area contributed by atoms with Crippen LogP contribution in [0.5, 0.6) is 5.75 Å². The predicted octanol–water partition coefficient (Wildman–Crippen LogP) is 1.89. The summed E-state index contributed by atoms with van der Waals surface area (Å²) in [6.45, 7) is 0.465. The van der Waals surface area contributed by atoms with E-state index in [-0.39, 0.29) is 12.0 Å². The molecule has 2 unspecified atom stereocenters. The van der Waals surface area contributed by atoms with Gasteiger partial charge in [0.1, 0.15) is 11.4 Å². The zero-order valence-corrected chi connectivity index (χ0v) is 18.0. The number of carbonyl (C=O) groups is 1. The van der Waals surface area contributed by atoms with Crippen molar-refractivity contribution in [2.24, 2.45) is 18.9 Å². The maximum Gasteiger partial charge on any atom is 0.306 e. The molecule has 0 saturated heterocycles. The van der Waals surface area contributed by atoms with Crippen LogP contribution in [0.4, 0.5) is 0 Å². The lowest BCUT2D eigenvalue weighted by Crippen LogP contribution is -2.29. The van der Waals surface area contributed by atoms with E-state index in [1.807, 2.05) is 19.2 Å². The molecule has 0 aliphatic heterocycles. The average molecular weight is 438 g/mol. The van der Waals surface area contributed by atoms with Gasteiger partial charge in [-0.15, -0.1) is 10.2 Å². The van der Waals surface area contributed by atoms with Gasteiger partial charge in [-0.3, -0.25) is 9.78 Å². The van der Waals surface area contributed by atoms with Crippen molar-refractivity contribution >= 4 is 5.97 Å². The number of aliphatic carboxylic acids is 1. The number of rotatable bonds is 8. The van der Waals surface area contributed by atoms with Crippen LogP contribution in [0.3, 0.4) is 0 Å². The molecule has 1 N–H and O–H groups in total. The Hall–Kier alpha value is -3.37. The Kier molecular flexibility index (Phi) is 5.54. The predicted molar refractivity (Wildman–Crippen MR) is 112 cm³/mol. The molecule has 11 nitrogen and oxygen atoms in total. The third-order valence-corrected chi connectivity index (χ3v) is 6.27. The molecule has 0 bridgehead atoms. The molecule has 2 saturated carbocycles. The van der Waals surface area contributed by atoms with E-state index in [1.165, 1.54) is 12.8 Å². The smallest absolute Gasteiger partial charge is 0.306 e. The maximum atomic E-state index is 11.3. The van der Waals surface area contributed by atoms with Gasteiger partial charge >= 0.3 is 5.97 Å². The van der Waals surface area contributed by atoms with E-state index in [0.717, 1.165) is 30.8 Å². The van der Waals surface area contributed by atoms with E-state index in [4.69, 9.17) is 4.74 Å². The van der Waals surface area contributed by atoms with Gasteiger partial charge in [-0.1, -0.05) is 5.21 Å². The van der Waals surface area contributed by atoms with Gasteiger partial charge in [0.15, 0.2) is 5.82 Å². The molecule has 168 valence electrons. The largest absolute Gasteiger partial charge is 0.489 e. The fourth-order valence-corrected chi connectivity index (χ4v) is 4.23. The molecule has 3 heterocycles. The normalized spacial score (nSPS) is 20.9. The molecule has 11 heteroatoms. The molecule has 5 rings (SSSR count). The second-order valence-electron chi connectivity index (χ2n) is 8.73. The zero-order valence-electron chi connectivity index (χ0n) is 18.0. The number of pyridine rings is 1. The SMILES string of the molecule is Cn1nnc(-c2ccc(OC3CCCC(C(=O)O)C3)cn2)c1Cn1nnnc1CC1CC1. The Balaban J connectivity index is 1.29. The van der Waals surface area contributed by atoms with E-state index in [0.29, 0.717) is 42.4 Å². The van der Waals surface area contributed by atoms with Crippen LogP contribution >= 0.6 is 0 Å². The van der Waals surface area contributed by atoms with Gasteiger partial charge in [0, 0.05) is 13.5 Å². The van der Waals surface area contributed by atoms with Crippen LogP contribution in [0.15, 0.2) is 18.3 Å². The van der Waals surface area contributed by atoms with Crippen molar-refractivity contribution < 1.29 is 14.6 Å². The molecule has 32 heavy (non-hydrogen) atoms. The van der Waals surface area contributed by atoms with E-state index in [1.54, 1.807) is 15.6 Å². The van der Waals surface area contributed by atoms with Gasteiger partial charge in [-0.25, -0.2) is 9.36 Å². The monoisotopic (exact) mass is 438 g/mol. The molecule has 0 aromatic carbocycles. The van der Waals surface area contributed by atoms with Gasteiger partial charge in [0.25, 0.3) is 0 Å². The summed E-state index contributed by atoms with van der Waals surface area (Å²) in [7, 11) is 1.84. The van der Waals surface area contributed by atoms with Crippen molar-refractivity contribution in [3.8, 4) is 17.1 Å². The lowest BCUT2D eigenvalue weighted by molar-refractivity contribution is -0.143. The van der Waals surface area contributed by atoms with Crippen LogP contribution in [-0.4, -0.2) is 57.4 Å². The second-order valence-corrected chi connectivity index (χ2v) is 8.73. The van der Waals surface area contributed by atoms with Crippen molar-refractivity contribution in [2.45, 2.75) is 57.6 Å². The fourth-order valence-electron chi connectivity index (χ4n) is 4.23. The molecule has 3 aromatic rings. The molecule has 0 amide bonds. The number of hydrogen-bond donors (Lipinski definition) is 1. The van der Waals surface area contributed by atoms with Crippen molar-refractivity contribution in [1.29, 1.82) is 0 Å². The minimum absolute atomic E-state index is 0.103. The highest BCUT2D eigenvalue weighted by Gasteiger charge is 2.28. The quantitative estimate of drug-likeness (QED) is 0.559. The lowest BCUT2D eigenvalue weighted by atomic mass is 9.87. The first-order valence-corrected chi connectivity index (χ1v) is 11.1. The summed E-state index contributed by atoms with van der Waals surface area (Å²) >= 11 is 0. The van der Waals surface area contributed by atoms with Crippen LogP contribution in [0.1, 0.15) is 50.0 Å². The minimum Gasteiger partial charge on any atom is -0.489 e. The molecular weight excluding hydrogens is 412 g/mol. The summed E-state index contributed by atoms with van der Waals surface area (Å²) in [5.74, 6) is 1.11. The van der Waals surface area contributed by atoms with E-state index >= 15 is 0 Å². The van der Waals surface area contributed by atoms with Crippen LogP contribution in [0.2, 0.25) is 0 Å². The Morgan fingerprint density at radius 1 is 1.19 bits per heavy atom. The fraction of sp³-hybridized carbons (Fsp3) is 0.571. The first-order valence-electron chi connectivity index (χ1n) is 11.1. The van der Waals surface area contributed by atoms with Crippen molar-refractivity contribution in [2.75, 3.05) is 0 Å².